The highest BCUT2D eigenvalue weighted by molar-refractivity contribution is 7.10. The van der Waals surface area contributed by atoms with E-state index in [1.807, 2.05) is 36.6 Å². The molecule has 0 saturated heterocycles. The molecule has 2 aromatic rings. The third-order valence-electron chi connectivity index (χ3n) is 2.88. The van der Waals surface area contributed by atoms with Crippen molar-refractivity contribution < 1.29 is 0 Å². The predicted molar refractivity (Wildman–Crippen MR) is 74.4 cm³/mol. The summed E-state index contributed by atoms with van der Waals surface area (Å²) in [6.07, 6.45) is 0.864. The van der Waals surface area contributed by atoms with E-state index < -0.39 is 0 Å². The van der Waals surface area contributed by atoms with Gasteiger partial charge in [-0.2, -0.15) is 0 Å². The molecule has 0 aliphatic carbocycles. The highest BCUT2D eigenvalue weighted by Crippen LogP contribution is 2.32. The van der Waals surface area contributed by atoms with Gasteiger partial charge in [-0.25, -0.2) is 4.98 Å². The highest BCUT2D eigenvalue weighted by atomic mass is 35.5. The van der Waals surface area contributed by atoms with Crippen LogP contribution >= 0.6 is 22.9 Å². The zero-order valence-corrected chi connectivity index (χ0v) is 11.5. The van der Waals surface area contributed by atoms with Crippen molar-refractivity contribution in [2.45, 2.75) is 25.8 Å². The summed E-state index contributed by atoms with van der Waals surface area (Å²) in [4.78, 5) is 4.59. The molecule has 0 spiro atoms. The molecule has 0 radical (unpaired) electrons. The SMILES string of the molecule is CCC(C)(N)c1nc(-c2ccccc2Cl)cs1. The van der Waals surface area contributed by atoms with Crippen LogP contribution in [0.15, 0.2) is 29.6 Å². The number of nitrogens with zero attached hydrogens (tertiary/aromatic N) is 1. The molecule has 2 rings (SSSR count). The average molecular weight is 267 g/mol. The second-order valence-corrected chi connectivity index (χ2v) is 5.55. The fourth-order valence-electron chi connectivity index (χ4n) is 1.48. The molecule has 17 heavy (non-hydrogen) atoms. The zero-order chi connectivity index (χ0) is 12.5. The van der Waals surface area contributed by atoms with Crippen LogP contribution in [0, 0.1) is 0 Å². The molecule has 0 fully saturated rings. The summed E-state index contributed by atoms with van der Waals surface area (Å²) in [7, 11) is 0. The number of thiazole rings is 1. The molecule has 0 aliphatic rings. The molecule has 0 aliphatic heterocycles. The maximum Gasteiger partial charge on any atom is 0.113 e. The second-order valence-electron chi connectivity index (χ2n) is 4.29. The molecule has 90 valence electrons. The van der Waals surface area contributed by atoms with Crippen LogP contribution < -0.4 is 5.73 Å². The first-order chi connectivity index (χ1) is 8.04. The molecule has 1 unspecified atom stereocenters. The van der Waals surface area contributed by atoms with E-state index in [9.17, 15) is 0 Å². The van der Waals surface area contributed by atoms with Gasteiger partial charge in [-0.05, 0) is 19.4 Å². The average Bonchev–Trinajstić information content (AvgIpc) is 2.79. The first-order valence-electron chi connectivity index (χ1n) is 5.54. The lowest BCUT2D eigenvalue weighted by Gasteiger charge is -2.18. The summed E-state index contributed by atoms with van der Waals surface area (Å²) in [6.45, 7) is 4.07. The van der Waals surface area contributed by atoms with Crippen molar-refractivity contribution in [3.63, 3.8) is 0 Å². The van der Waals surface area contributed by atoms with Gasteiger partial charge in [0.1, 0.15) is 5.01 Å². The lowest BCUT2D eigenvalue weighted by atomic mass is 10.0. The second kappa shape index (κ2) is 4.77. The van der Waals surface area contributed by atoms with Gasteiger partial charge in [0.05, 0.1) is 11.2 Å². The van der Waals surface area contributed by atoms with E-state index in [1.165, 1.54) is 0 Å². The summed E-state index contributed by atoms with van der Waals surface area (Å²) in [6, 6.07) is 7.72. The number of aromatic nitrogens is 1. The van der Waals surface area contributed by atoms with E-state index in [2.05, 4.69) is 11.9 Å². The van der Waals surface area contributed by atoms with Gasteiger partial charge in [0.2, 0.25) is 0 Å². The van der Waals surface area contributed by atoms with Gasteiger partial charge in [0.25, 0.3) is 0 Å². The Hall–Kier alpha value is -0.900. The largest absolute Gasteiger partial charge is 0.320 e. The standard InChI is InChI=1S/C13H15ClN2S/c1-3-13(2,15)12-16-11(8-17-12)9-6-4-5-7-10(9)14/h4-8H,3,15H2,1-2H3. The van der Waals surface area contributed by atoms with Gasteiger partial charge in [0, 0.05) is 16.0 Å². The highest BCUT2D eigenvalue weighted by Gasteiger charge is 2.23. The summed E-state index contributed by atoms with van der Waals surface area (Å²) in [5.41, 5.74) is 7.69. The molecule has 4 heteroatoms. The number of halogens is 1. The van der Waals surface area contributed by atoms with Crippen molar-refractivity contribution in [1.29, 1.82) is 0 Å². The van der Waals surface area contributed by atoms with E-state index >= 15 is 0 Å². The van der Waals surface area contributed by atoms with Crippen LogP contribution in [0.4, 0.5) is 0 Å². The third-order valence-corrected chi connectivity index (χ3v) is 4.33. The molecular weight excluding hydrogens is 252 g/mol. The normalized spacial score (nSPS) is 14.6. The van der Waals surface area contributed by atoms with Gasteiger partial charge < -0.3 is 5.73 Å². The fourth-order valence-corrected chi connectivity index (χ4v) is 2.68. The first kappa shape index (κ1) is 12.6. The Bertz CT molecular complexity index is 520. The quantitative estimate of drug-likeness (QED) is 0.910. The van der Waals surface area contributed by atoms with Crippen LogP contribution in [-0.2, 0) is 5.54 Å². The Morgan fingerprint density at radius 3 is 2.76 bits per heavy atom. The maximum absolute atomic E-state index is 6.18. The topological polar surface area (TPSA) is 38.9 Å². The van der Waals surface area contributed by atoms with Crippen molar-refractivity contribution in [2.24, 2.45) is 5.73 Å². The molecule has 0 bridgehead atoms. The van der Waals surface area contributed by atoms with Crippen LogP contribution in [-0.4, -0.2) is 4.98 Å². The van der Waals surface area contributed by atoms with Gasteiger partial charge in [-0.1, -0.05) is 36.7 Å². The van der Waals surface area contributed by atoms with Crippen LogP contribution in [0.3, 0.4) is 0 Å². The van der Waals surface area contributed by atoms with Crippen LogP contribution in [0.2, 0.25) is 5.02 Å². The third kappa shape index (κ3) is 2.51. The van der Waals surface area contributed by atoms with Crippen molar-refractivity contribution in [1.82, 2.24) is 4.98 Å². The van der Waals surface area contributed by atoms with Crippen molar-refractivity contribution in [2.75, 3.05) is 0 Å². The van der Waals surface area contributed by atoms with Crippen molar-refractivity contribution >= 4 is 22.9 Å². The minimum absolute atomic E-state index is 0.357. The molecule has 2 N–H and O–H groups in total. The maximum atomic E-state index is 6.18. The van der Waals surface area contributed by atoms with E-state index in [1.54, 1.807) is 11.3 Å². The van der Waals surface area contributed by atoms with Gasteiger partial charge in [-0.15, -0.1) is 11.3 Å². The van der Waals surface area contributed by atoms with Crippen molar-refractivity contribution in [3.05, 3.63) is 39.7 Å². The molecule has 1 aromatic heterocycles. The summed E-state index contributed by atoms with van der Waals surface area (Å²) < 4.78 is 0. The van der Waals surface area contributed by atoms with Crippen LogP contribution in [0.1, 0.15) is 25.3 Å². The summed E-state index contributed by atoms with van der Waals surface area (Å²) >= 11 is 7.74. The van der Waals surface area contributed by atoms with Gasteiger partial charge in [0.15, 0.2) is 0 Å². The Morgan fingerprint density at radius 1 is 1.41 bits per heavy atom. The smallest absolute Gasteiger partial charge is 0.113 e. The van der Waals surface area contributed by atoms with E-state index in [-0.39, 0.29) is 5.54 Å². The Balaban J connectivity index is 2.40. The molecule has 1 aromatic carbocycles. The summed E-state index contributed by atoms with van der Waals surface area (Å²) in [5.74, 6) is 0. The Kier molecular flexibility index (Phi) is 3.52. The lowest BCUT2D eigenvalue weighted by Crippen LogP contribution is -2.31. The molecule has 1 atom stereocenters. The molecule has 0 amide bonds. The number of hydrogen-bond donors (Lipinski definition) is 1. The van der Waals surface area contributed by atoms with E-state index in [4.69, 9.17) is 17.3 Å². The molecular formula is C13H15ClN2S. The summed E-state index contributed by atoms with van der Waals surface area (Å²) in [5, 5.41) is 3.69. The van der Waals surface area contributed by atoms with Crippen LogP contribution in [0.5, 0.6) is 0 Å². The zero-order valence-electron chi connectivity index (χ0n) is 9.90. The molecule has 0 saturated carbocycles. The minimum Gasteiger partial charge on any atom is -0.320 e. The monoisotopic (exact) mass is 266 g/mol. The number of rotatable bonds is 3. The molecule has 1 heterocycles. The predicted octanol–water partition coefficient (Wildman–Crippen LogP) is 4.05. The van der Waals surface area contributed by atoms with E-state index in [0.29, 0.717) is 0 Å². The van der Waals surface area contributed by atoms with E-state index in [0.717, 1.165) is 27.7 Å². The minimum atomic E-state index is -0.357. The lowest BCUT2D eigenvalue weighted by molar-refractivity contribution is 0.474. The fraction of sp³-hybridized carbons (Fsp3) is 0.308. The molecule has 2 nitrogen and oxygen atoms in total. The number of benzene rings is 1. The van der Waals surface area contributed by atoms with Crippen molar-refractivity contribution in [3.8, 4) is 11.3 Å². The Labute approximate surface area is 110 Å². The number of nitrogens with two attached hydrogens (primary N) is 1. The van der Waals surface area contributed by atoms with Crippen LogP contribution in [0.25, 0.3) is 11.3 Å². The first-order valence-corrected chi connectivity index (χ1v) is 6.80. The number of hydrogen-bond acceptors (Lipinski definition) is 3. The Morgan fingerprint density at radius 2 is 2.12 bits per heavy atom. The van der Waals surface area contributed by atoms with Gasteiger partial charge >= 0.3 is 0 Å². The van der Waals surface area contributed by atoms with Gasteiger partial charge in [-0.3, -0.25) is 0 Å².